The molecule has 0 aliphatic heterocycles. The molecule has 0 bridgehead atoms. The van der Waals surface area contributed by atoms with Gasteiger partial charge in [0.2, 0.25) is 11.7 Å². The van der Waals surface area contributed by atoms with Crippen molar-refractivity contribution in [1.82, 2.24) is 15.1 Å². The van der Waals surface area contributed by atoms with Gasteiger partial charge in [-0.15, -0.1) is 4.91 Å². The summed E-state index contributed by atoms with van der Waals surface area (Å²) in [4.78, 5) is 18.1. The zero-order chi connectivity index (χ0) is 28.6. The van der Waals surface area contributed by atoms with E-state index in [1.807, 2.05) is 12.1 Å². The standard InChI is InChI=1S/C14H18N4O3.C10H9N3O4S/c1-19-10-5-8(6-11(20-2)12(10)21-3)4-9-7-17-14(16)18-13(9)15;1-7-6-10(12-17-7)13-18(15,16)9-4-2-8(11-14)3-5-9/h5-7H,4H2,1-3H3,(H4,15,16,17,18);2-6H,1H3,(H,12,13). The average Bonchev–Trinajstić information content (AvgIpc) is 3.33. The van der Waals surface area contributed by atoms with Crippen molar-refractivity contribution in [3.63, 3.8) is 0 Å². The SMILES string of the molecule is COc1cc(Cc2cnc(N)nc2N)cc(OC)c1OC.Cc1cc(NS(=O)(=O)c2ccc(N=O)cc2)no1. The van der Waals surface area contributed by atoms with Crippen LogP contribution < -0.4 is 30.4 Å². The van der Waals surface area contributed by atoms with Crippen LogP contribution in [0.5, 0.6) is 17.2 Å². The van der Waals surface area contributed by atoms with Crippen LogP contribution in [0.3, 0.4) is 0 Å². The second-order valence-corrected chi connectivity index (χ2v) is 9.54. The lowest BCUT2D eigenvalue weighted by Crippen LogP contribution is -2.12. The van der Waals surface area contributed by atoms with Crippen LogP contribution in [-0.4, -0.2) is 44.9 Å². The lowest BCUT2D eigenvalue weighted by Gasteiger charge is -2.14. The maximum Gasteiger partial charge on any atom is 0.263 e. The average molecular weight is 558 g/mol. The van der Waals surface area contributed by atoms with Crippen LogP contribution in [0.15, 0.2) is 63.3 Å². The van der Waals surface area contributed by atoms with Crippen LogP contribution in [0.4, 0.5) is 23.3 Å². The van der Waals surface area contributed by atoms with E-state index in [-0.39, 0.29) is 22.3 Å². The lowest BCUT2D eigenvalue weighted by atomic mass is 10.1. The van der Waals surface area contributed by atoms with E-state index in [4.69, 9.17) is 30.2 Å². The summed E-state index contributed by atoms with van der Waals surface area (Å²) >= 11 is 0. The van der Waals surface area contributed by atoms with Gasteiger partial charge in [0.15, 0.2) is 17.3 Å². The number of nitrogen functional groups attached to an aromatic ring is 2. The van der Waals surface area contributed by atoms with Crippen LogP contribution in [0, 0.1) is 11.8 Å². The molecule has 2 heterocycles. The highest BCUT2D eigenvalue weighted by molar-refractivity contribution is 7.92. The van der Waals surface area contributed by atoms with Gasteiger partial charge in [-0.25, -0.2) is 13.4 Å². The Morgan fingerprint density at radius 3 is 2.13 bits per heavy atom. The highest BCUT2D eigenvalue weighted by Crippen LogP contribution is 2.38. The number of nitrogens with zero attached hydrogens (tertiary/aromatic N) is 4. The van der Waals surface area contributed by atoms with Crippen molar-refractivity contribution in [1.29, 1.82) is 0 Å². The minimum Gasteiger partial charge on any atom is -0.493 e. The minimum atomic E-state index is -3.74. The first-order valence-corrected chi connectivity index (χ1v) is 12.6. The Hall–Kier alpha value is -4.92. The van der Waals surface area contributed by atoms with Gasteiger partial charge in [0.05, 0.1) is 26.2 Å². The summed E-state index contributed by atoms with van der Waals surface area (Å²) in [5.41, 5.74) is 13.2. The first-order chi connectivity index (χ1) is 18.6. The highest BCUT2D eigenvalue weighted by Gasteiger charge is 2.16. The number of nitrogens with two attached hydrogens (primary N) is 2. The second kappa shape index (κ2) is 12.6. The predicted octanol–water partition coefficient (Wildman–Crippen LogP) is 3.44. The molecule has 4 aromatic rings. The van der Waals surface area contributed by atoms with Crippen molar-refractivity contribution >= 4 is 33.3 Å². The van der Waals surface area contributed by atoms with Gasteiger partial charge < -0.3 is 30.2 Å². The van der Waals surface area contributed by atoms with E-state index in [0.717, 1.165) is 11.1 Å². The molecule has 0 spiro atoms. The molecule has 0 radical (unpaired) electrons. The van der Waals surface area contributed by atoms with Crippen molar-refractivity contribution in [2.24, 2.45) is 5.18 Å². The molecule has 2 aromatic carbocycles. The van der Waals surface area contributed by atoms with E-state index < -0.39 is 10.0 Å². The first-order valence-electron chi connectivity index (χ1n) is 11.2. The number of benzene rings is 2. The molecule has 5 N–H and O–H groups in total. The maximum atomic E-state index is 11.9. The smallest absolute Gasteiger partial charge is 0.263 e. The number of methoxy groups -OCH3 is 3. The molecule has 15 heteroatoms. The summed E-state index contributed by atoms with van der Waals surface area (Å²) in [6.45, 7) is 1.65. The lowest BCUT2D eigenvalue weighted by molar-refractivity contribution is 0.324. The van der Waals surface area contributed by atoms with Gasteiger partial charge in [-0.05, 0) is 54.1 Å². The molecule has 2 aromatic heterocycles. The minimum absolute atomic E-state index is 0.00977. The Kier molecular flexibility index (Phi) is 9.22. The maximum absolute atomic E-state index is 11.9. The number of sulfonamides is 1. The molecule has 0 saturated carbocycles. The van der Waals surface area contributed by atoms with Crippen LogP contribution in [0.1, 0.15) is 16.9 Å². The van der Waals surface area contributed by atoms with E-state index >= 15 is 0 Å². The molecule has 0 unspecified atom stereocenters. The quantitative estimate of drug-likeness (QED) is 0.253. The zero-order valence-electron chi connectivity index (χ0n) is 21.5. The molecular weight excluding hydrogens is 530 g/mol. The number of anilines is 3. The summed E-state index contributed by atoms with van der Waals surface area (Å²) in [6, 6.07) is 10.4. The van der Waals surface area contributed by atoms with Gasteiger partial charge in [0.25, 0.3) is 10.0 Å². The molecule has 206 valence electrons. The largest absolute Gasteiger partial charge is 0.493 e. The fourth-order valence-electron chi connectivity index (χ4n) is 3.33. The van der Waals surface area contributed by atoms with Gasteiger partial charge >= 0.3 is 0 Å². The van der Waals surface area contributed by atoms with Gasteiger partial charge in [-0.3, -0.25) is 4.72 Å². The summed E-state index contributed by atoms with van der Waals surface area (Å²) in [7, 11) is 0.963. The fourth-order valence-corrected chi connectivity index (χ4v) is 4.31. The summed E-state index contributed by atoms with van der Waals surface area (Å²) in [5, 5.41) is 6.21. The van der Waals surface area contributed by atoms with E-state index in [0.29, 0.717) is 35.2 Å². The second-order valence-electron chi connectivity index (χ2n) is 7.86. The molecule has 0 fully saturated rings. The van der Waals surface area contributed by atoms with Crippen molar-refractivity contribution < 1.29 is 27.2 Å². The van der Waals surface area contributed by atoms with Crippen LogP contribution in [0.25, 0.3) is 0 Å². The van der Waals surface area contributed by atoms with Crippen LogP contribution >= 0.6 is 0 Å². The fraction of sp³-hybridized carbons (Fsp3) is 0.208. The van der Waals surface area contributed by atoms with Crippen molar-refractivity contribution in [3.05, 3.63) is 70.5 Å². The third kappa shape index (κ3) is 7.32. The highest BCUT2D eigenvalue weighted by atomic mass is 32.2. The first kappa shape index (κ1) is 28.6. The number of aromatic nitrogens is 3. The van der Waals surface area contributed by atoms with Gasteiger partial charge in [0.1, 0.15) is 17.3 Å². The van der Waals surface area contributed by atoms with E-state index in [1.165, 1.54) is 30.3 Å². The zero-order valence-corrected chi connectivity index (χ0v) is 22.4. The number of ether oxygens (including phenoxy) is 3. The molecule has 0 atom stereocenters. The van der Waals surface area contributed by atoms with Crippen molar-refractivity contribution in [3.8, 4) is 17.2 Å². The van der Waals surface area contributed by atoms with Gasteiger partial charge in [-0.2, -0.15) is 4.98 Å². The van der Waals surface area contributed by atoms with Gasteiger partial charge in [0, 0.05) is 24.2 Å². The Balaban J connectivity index is 0.000000218. The van der Waals surface area contributed by atoms with Crippen molar-refractivity contribution in [2.75, 3.05) is 37.5 Å². The number of rotatable bonds is 9. The molecule has 0 aliphatic rings. The molecule has 4 rings (SSSR count). The Bertz CT molecular complexity index is 1520. The number of nitrogens with one attached hydrogen (secondary N) is 1. The Morgan fingerprint density at radius 1 is 1.00 bits per heavy atom. The third-order valence-electron chi connectivity index (χ3n) is 5.16. The molecular formula is C24H27N7O7S. The molecule has 0 aliphatic carbocycles. The normalized spacial score (nSPS) is 10.7. The summed E-state index contributed by atoms with van der Waals surface area (Å²) in [5.74, 6) is 2.82. The van der Waals surface area contributed by atoms with Gasteiger partial charge in [-0.1, -0.05) is 5.16 Å². The molecule has 14 nitrogen and oxygen atoms in total. The van der Waals surface area contributed by atoms with E-state index in [1.54, 1.807) is 34.4 Å². The molecule has 39 heavy (non-hydrogen) atoms. The summed E-state index contributed by atoms with van der Waals surface area (Å²) < 4.78 is 46.7. The number of aryl methyl sites for hydroxylation is 1. The molecule has 0 saturated heterocycles. The molecule has 0 amide bonds. The topological polar surface area (TPSA) is 207 Å². The monoisotopic (exact) mass is 557 g/mol. The van der Waals surface area contributed by atoms with Crippen molar-refractivity contribution in [2.45, 2.75) is 18.2 Å². The Labute approximate surface area is 224 Å². The predicted molar refractivity (Wildman–Crippen MR) is 144 cm³/mol. The summed E-state index contributed by atoms with van der Waals surface area (Å²) in [6.07, 6.45) is 2.14. The Morgan fingerprint density at radius 2 is 1.64 bits per heavy atom. The number of nitroso groups, excluding NO2 is 1. The number of hydrogen-bond acceptors (Lipinski definition) is 13. The number of hydrogen-bond donors (Lipinski definition) is 3. The van der Waals surface area contributed by atoms with E-state index in [9.17, 15) is 13.3 Å². The third-order valence-corrected chi connectivity index (χ3v) is 6.53. The van der Waals surface area contributed by atoms with Crippen LogP contribution in [0.2, 0.25) is 0 Å². The van der Waals surface area contributed by atoms with E-state index in [2.05, 4.69) is 25.0 Å². The van der Waals surface area contributed by atoms with Crippen LogP contribution in [-0.2, 0) is 16.4 Å².